The first kappa shape index (κ1) is 20.4. The van der Waals surface area contributed by atoms with Crippen LogP contribution in [0.4, 0.5) is 0 Å². The molecular formula is C29H28S. The Morgan fingerprint density at radius 1 is 0.533 bits per heavy atom. The van der Waals surface area contributed by atoms with E-state index in [4.69, 9.17) is 0 Å². The normalized spacial score (nSPS) is 10.8. The van der Waals surface area contributed by atoms with E-state index in [1.54, 1.807) is 0 Å². The van der Waals surface area contributed by atoms with Crippen LogP contribution in [0.5, 0.6) is 0 Å². The van der Waals surface area contributed by atoms with Crippen molar-refractivity contribution in [3.05, 3.63) is 95.6 Å². The molecule has 0 bridgehead atoms. The highest BCUT2D eigenvalue weighted by Gasteiger charge is 2.10. The Morgan fingerprint density at radius 3 is 1.90 bits per heavy atom. The van der Waals surface area contributed by atoms with Gasteiger partial charge in [0.2, 0.25) is 0 Å². The summed E-state index contributed by atoms with van der Waals surface area (Å²) in [6.45, 7) is 10.6. The third-order valence-corrected chi connectivity index (χ3v) is 6.78. The molecule has 0 radical (unpaired) electrons. The predicted molar refractivity (Wildman–Crippen MR) is 136 cm³/mol. The lowest BCUT2D eigenvalue weighted by atomic mass is 9.92. The first-order valence-electron chi connectivity index (χ1n) is 10.7. The van der Waals surface area contributed by atoms with Gasteiger partial charge in [-0.15, -0.1) is 11.3 Å². The maximum absolute atomic E-state index is 2.36. The molecule has 1 aromatic heterocycles. The van der Waals surface area contributed by atoms with Crippen LogP contribution in [0.3, 0.4) is 0 Å². The van der Waals surface area contributed by atoms with Gasteiger partial charge in [-0.05, 0) is 84.5 Å². The van der Waals surface area contributed by atoms with Gasteiger partial charge in [-0.2, -0.15) is 0 Å². The number of benzene rings is 4. The molecule has 30 heavy (non-hydrogen) atoms. The summed E-state index contributed by atoms with van der Waals surface area (Å²) in [4.78, 5) is 0. The fourth-order valence-corrected chi connectivity index (χ4v) is 5.10. The lowest BCUT2D eigenvalue weighted by molar-refractivity contribution is 1.41. The highest BCUT2D eigenvalue weighted by atomic mass is 32.1. The van der Waals surface area contributed by atoms with Crippen molar-refractivity contribution in [3.63, 3.8) is 0 Å². The van der Waals surface area contributed by atoms with Crippen LogP contribution in [0.2, 0.25) is 0 Å². The molecule has 0 atom stereocenters. The second kappa shape index (κ2) is 8.45. The Balaban J connectivity index is 0.00000106. The highest BCUT2D eigenvalue weighted by Crippen LogP contribution is 2.38. The van der Waals surface area contributed by atoms with Gasteiger partial charge in [0, 0.05) is 20.2 Å². The van der Waals surface area contributed by atoms with Crippen LogP contribution >= 0.6 is 11.3 Å². The van der Waals surface area contributed by atoms with Crippen molar-refractivity contribution in [3.8, 4) is 22.3 Å². The van der Waals surface area contributed by atoms with Crippen LogP contribution in [0.1, 0.15) is 30.5 Å². The van der Waals surface area contributed by atoms with Crippen LogP contribution in [0.15, 0.2) is 78.9 Å². The quantitative estimate of drug-likeness (QED) is 0.273. The topological polar surface area (TPSA) is 0 Å². The van der Waals surface area contributed by atoms with Crippen molar-refractivity contribution in [1.29, 1.82) is 0 Å². The number of hydrogen-bond acceptors (Lipinski definition) is 1. The van der Waals surface area contributed by atoms with Gasteiger partial charge in [0.1, 0.15) is 0 Å². The first-order chi connectivity index (χ1) is 14.6. The Kier molecular flexibility index (Phi) is 5.74. The molecule has 0 N–H and O–H groups in total. The smallest absolute Gasteiger partial charge is 0.0355 e. The highest BCUT2D eigenvalue weighted by molar-refractivity contribution is 7.25. The van der Waals surface area contributed by atoms with Crippen molar-refractivity contribution >= 4 is 31.5 Å². The minimum Gasteiger partial charge on any atom is -0.135 e. The number of aryl methyl sites for hydroxylation is 3. The molecule has 5 aromatic rings. The summed E-state index contributed by atoms with van der Waals surface area (Å²) in [5.74, 6) is 0. The Bertz CT molecular complexity index is 1340. The number of hydrogen-bond donors (Lipinski definition) is 0. The zero-order chi connectivity index (χ0) is 21.3. The second-order valence-electron chi connectivity index (χ2n) is 7.66. The van der Waals surface area contributed by atoms with Crippen LogP contribution in [0, 0.1) is 20.8 Å². The van der Waals surface area contributed by atoms with Gasteiger partial charge in [0.25, 0.3) is 0 Å². The molecule has 0 aliphatic carbocycles. The lowest BCUT2D eigenvalue weighted by Gasteiger charge is -2.12. The van der Waals surface area contributed by atoms with Gasteiger partial charge in [-0.3, -0.25) is 0 Å². The third kappa shape index (κ3) is 3.66. The second-order valence-corrected chi connectivity index (χ2v) is 8.74. The molecule has 0 nitrogen and oxygen atoms in total. The van der Waals surface area contributed by atoms with Gasteiger partial charge in [-0.1, -0.05) is 67.9 Å². The number of rotatable bonds is 2. The standard InChI is InChI=1S/C27H22S.C2H6/c1-17-8-12-26-24(14-17)25-16-21(11-13-27(25)28-26)20-10-9-19(3)23(15-20)22-7-5-4-6-18(22)2;1-2/h4-16H,1-3H3;1-2H3. The molecule has 0 saturated carbocycles. The van der Waals surface area contributed by atoms with Gasteiger partial charge in [0.15, 0.2) is 0 Å². The maximum Gasteiger partial charge on any atom is 0.0355 e. The number of fused-ring (bicyclic) bond motifs is 3. The van der Waals surface area contributed by atoms with E-state index < -0.39 is 0 Å². The summed E-state index contributed by atoms with van der Waals surface area (Å²) >= 11 is 1.88. The molecule has 0 aliphatic heterocycles. The zero-order valence-electron chi connectivity index (χ0n) is 18.4. The van der Waals surface area contributed by atoms with E-state index in [0.717, 1.165) is 0 Å². The predicted octanol–water partition coefficient (Wildman–Crippen LogP) is 9.34. The van der Waals surface area contributed by atoms with Crippen molar-refractivity contribution in [2.45, 2.75) is 34.6 Å². The van der Waals surface area contributed by atoms with Gasteiger partial charge < -0.3 is 0 Å². The van der Waals surface area contributed by atoms with Crippen LogP contribution in [-0.4, -0.2) is 0 Å². The molecule has 0 fully saturated rings. The van der Waals surface area contributed by atoms with Crippen molar-refractivity contribution < 1.29 is 0 Å². The fourth-order valence-electron chi connectivity index (χ4n) is 4.04. The molecule has 0 aliphatic rings. The molecule has 0 spiro atoms. The van der Waals surface area contributed by atoms with Gasteiger partial charge in [-0.25, -0.2) is 0 Å². The SMILES string of the molecule is CC.Cc1ccc2sc3ccc(-c4ccc(C)c(-c5ccccc5C)c4)cc3c2c1. The minimum absolute atomic E-state index is 1.28. The van der Waals surface area contributed by atoms with E-state index in [1.807, 2.05) is 25.2 Å². The Morgan fingerprint density at radius 2 is 1.13 bits per heavy atom. The van der Waals surface area contributed by atoms with E-state index >= 15 is 0 Å². The summed E-state index contributed by atoms with van der Waals surface area (Å²) < 4.78 is 2.72. The average molecular weight is 409 g/mol. The van der Waals surface area contributed by atoms with Crippen molar-refractivity contribution in [2.75, 3.05) is 0 Å². The van der Waals surface area contributed by atoms with Crippen molar-refractivity contribution in [2.24, 2.45) is 0 Å². The van der Waals surface area contributed by atoms with Crippen LogP contribution in [0.25, 0.3) is 42.4 Å². The van der Waals surface area contributed by atoms with E-state index in [2.05, 4.69) is 99.6 Å². The molecule has 4 aromatic carbocycles. The first-order valence-corrected chi connectivity index (χ1v) is 11.5. The summed E-state index contributed by atoms with van der Waals surface area (Å²) in [5, 5.41) is 2.73. The van der Waals surface area contributed by atoms with Crippen LogP contribution < -0.4 is 0 Å². The average Bonchev–Trinajstić information content (AvgIpc) is 3.13. The lowest BCUT2D eigenvalue weighted by Crippen LogP contribution is -1.88. The molecule has 1 heterocycles. The van der Waals surface area contributed by atoms with E-state index in [1.165, 1.54) is 59.1 Å². The third-order valence-electron chi connectivity index (χ3n) is 5.63. The van der Waals surface area contributed by atoms with Gasteiger partial charge in [0.05, 0.1) is 0 Å². The number of thiophene rings is 1. The molecular weight excluding hydrogens is 380 g/mol. The maximum atomic E-state index is 2.36. The molecule has 0 unspecified atom stereocenters. The van der Waals surface area contributed by atoms with E-state index in [9.17, 15) is 0 Å². The van der Waals surface area contributed by atoms with Crippen LogP contribution in [-0.2, 0) is 0 Å². The Labute approximate surface area is 183 Å². The summed E-state index contributed by atoms with van der Waals surface area (Å²) in [5.41, 5.74) is 9.14. The summed E-state index contributed by atoms with van der Waals surface area (Å²) in [6.07, 6.45) is 0. The van der Waals surface area contributed by atoms with E-state index in [-0.39, 0.29) is 0 Å². The van der Waals surface area contributed by atoms with Gasteiger partial charge >= 0.3 is 0 Å². The Hall–Kier alpha value is -2.90. The minimum atomic E-state index is 1.28. The largest absolute Gasteiger partial charge is 0.135 e. The summed E-state index contributed by atoms with van der Waals surface area (Å²) in [6, 6.07) is 29.1. The molecule has 150 valence electrons. The zero-order valence-corrected chi connectivity index (χ0v) is 19.2. The molecule has 0 amide bonds. The summed E-state index contributed by atoms with van der Waals surface area (Å²) in [7, 11) is 0. The molecule has 5 rings (SSSR count). The monoisotopic (exact) mass is 408 g/mol. The van der Waals surface area contributed by atoms with E-state index in [0.29, 0.717) is 0 Å². The molecule has 1 heteroatoms. The molecule has 0 saturated heterocycles. The van der Waals surface area contributed by atoms with Crippen molar-refractivity contribution in [1.82, 2.24) is 0 Å². The fraction of sp³-hybridized carbons (Fsp3) is 0.172.